The van der Waals surface area contributed by atoms with Crippen LogP contribution in [0.2, 0.25) is 0 Å². The van der Waals surface area contributed by atoms with Crippen LogP contribution in [-0.2, 0) is 6.54 Å². The Hall–Kier alpha value is -1.62. The maximum Gasteiger partial charge on any atom is 0.350 e. The molecule has 5 heteroatoms. The predicted octanol–water partition coefficient (Wildman–Crippen LogP) is 1.23. The molecule has 0 N–H and O–H groups in total. The first-order valence-corrected chi connectivity index (χ1v) is 7.00. The van der Waals surface area contributed by atoms with Crippen LogP contribution in [0.25, 0.3) is 5.65 Å². The molecule has 5 nitrogen and oxygen atoms in total. The lowest BCUT2D eigenvalue weighted by Gasteiger charge is -2.29. The monoisotopic (exact) mass is 260 g/mol. The fourth-order valence-corrected chi connectivity index (χ4v) is 2.64. The number of rotatable bonds is 3. The van der Waals surface area contributed by atoms with E-state index < -0.39 is 0 Å². The molecule has 0 bridgehead atoms. The Morgan fingerprint density at radius 1 is 1.26 bits per heavy atom. The summed E-state index contributed by atoms with van der Waals surface area (Å²) in [7, 11) is 0. The van der Waals surface area contributed by atoms with Crippen LogP contribution in [0, 0.1) is 5.92 Å². The number of piperidine rings is 1. The summed E-state index contributed by atoms with van der Waals surface area (Å²) < 4.78 is 3.17. The van der Waals surface area contributed by atoms with Gasteiger partial charge in [-0.3, -0.25) is 4.40 Å². The second-order valence-electron chi connectivity index (χ2n) is 5.46. The first-order valence-electron chi connectivity index (χ1n) is 7.00. The third kappa shape index (κ3) is 2.56. The maximum absolute atomic E-state index is 12.1. The minimum Gasteiger partial charge on any atom is -0.301 e. The number of fused-ring (bicyclic) bond motifs is 1. The molecule has 1 aliphatic heterocycles. The summed E-state index contributed by atoms with van der Waals surface area (Å²) in [5.41, 5.74) is 0.681. The zero-order chi connectivity index (χ0) is 13.2. The average molecular weight is 260 g/mol. The number of likely N-dealkylation sites (tertiary alicyclic amines) is 1. The second kappa shape index (κ2) is 5.17. The van der Waals surface area contributed by atoms with Crippen molar-refractivity contribution in [2.75, 3.05) is 19.6 Å². The van der Waals surface area contributed by atoms with Gasteiger partial charge in [-0.1, -0.05) is 13.0 Å². The van der Waals surface area contributed by atoms with Crippen LogP contribution < -0.4 is 5.69 Å². The molecule has 0 radical (unpaired) electrons. The highest BCUT2D eigenvalue weighted by molar-refractivity contribution is 5.35. The van der Waals surface area contributed by atoms with Gasteiger partial charge < -0.3 is 4.90 Å². The highest BCUT2D eigenvalue weighted by atomic mass is 16.2. The van der Waals surface area contributed by atoms with E-state index in [-0.39, 0.29) is 5.69 Å². The zero-order valence-corrected chi connectivity index (χ0v) is 11.3. The minimum atomic E-state index is -0.0408. The molecule has 2 aromatic rings. The molecule has 0 spiro atoms. The van der Waals surface area contributed by atoms with Gasteiger partial charge in [-0.2, -0.15) is 0 Å². The molecule has 1 aliphatic rings. The molecule has 2 aromatic heterocycles. The molecule has 19 heavy (non-hydrogen) atoms. The minimum absolute atomic E-state index is 0.0408. The first-order chi connectivity index (χ1) is 9.24. The van der Waals surface area contributed by atoms with Gasteiger partial charge in [0, 0.05) is 12.7 Å². The lowest BCUT2D eigenvalue weighted by Crippen LogP contribution is -2.36. The van der Waals surface area contributed by atoms with Crippen molar-refractivity contribution in [3.05, 3.63) is 34.9 Å². The van der Waals surface area contributed by atoms with Gasteiger partial charge in [-0.25, -0.2) is 9.48 Å². The molecular weight excluding hydrogens is 240 g/mol. The van der Waals surface area contributed by atoms with E-state index in [1.165, 1.54) is 12.8 Å². The topological polar surface area (TPSA) is 42.5 Å². The normalized spacial score (nSPS) is 18.2. The molecule has 102 valence electrons. The van der Waals surface area contributed by atoms with E-state index in [0.29, 0.717) is 6.54 Å². The molecule has 0 saturated carbocycles. The summed E-state index contributed by atoms with van der Waals surface area (Å²) in [6.45, 7) is 6.18. The summed E-state index contributed by atoms with van der Waals surface area (Å²) in [6, 6.07) is 5.62. The lowest BCUT2D eigenvalue weighted by molar-refractivity contribution is 0.184. The summed E-state index contributed by atoms with van der Waals surface area (Å²) in [4.78, 5) is 14.5. The molecule has 3 rings (SSSR count). The van der Waals surface area contributed by atoms with Crippen LogP contribution in [0.3, 0.4) is 0 Å². The highest BCUT2D eigenvalue weighted by Gasteiger charge is 2.16. The molecule has 1 fully saturated rings. The number of hydrogen-bond donors (Lipinski definition) is 0. The first kappa shape index (κ1) is 12.4. The van der Waals surface area contributed by atoms with E-state index in [9.17, 15) is 4.79 Å². The molecule has 0 aromatic carbocycles. The van der Waals surface area contributed by atoms with Gasteiger partial charge in [0.1, 0.15) is 0 Å². The molecular formula is C14H20N4O. The van der Waals surface area contributed by atoms with Crippen molar-refractivity contribution in [2.45, 2.75) is 26.3 Å². The van der Waals surface area contributed by atoms with Gasteiger partial charge in [-0.05, 0) is 44.0 Å². The van der Waals surface area contributed by atoms with Crippen molar-refractivity contribution in [3.8, 4) is 0 Å². The van der Waals surface area contributed by atoms with Gasteiger partial charge in [-0.15, -0.1) is 5.10 Å². The Bertz CT molecular complexity index is 607. The highest BCUT2D eigenvalue weighted by Crippen LogP contribution is 2.15. The largest absolute Gasteiger partial charge is 0.350 e. The van der Waals surface area contributed by atoms with Crippen molar-refractivity contribution in [1.29, 1.82) is 0 Å². The Morgan fingerprint density at radius 3 is 2.79 bits per heavy atom. The van der Waals surface area contributed by atoms with Crippen LogP contribution in [0.1, 0.15) is 19.8 Å². The third-order valence-corrected chi connectivity index (χ3v) is 3.99. The fourth-order valence-electron chi connectivity index (χ4n) is 2.64. The Balaban J connectivity index is 1.69. The van der Waals surface area contributed by atoms with Crippen molar-refractivity contribution in [3.63, 3.8) is 0 Å². The van der Waals surface area contributed by atoms with Crippen molar-refractivity contribution < 1.29 is 0 Å². The van der Waals surface area contributed by atoms with E-state index in [1.807, 2.05) is 18.2 Å². The molecule has 0 atom stereocenters. The second-order valence-corrected chi connectivity index (χ2v) is 5.46. The van der Waals surface area contributed by atoms with Crippen LogP contribution in [-0.4, -0.2) is 38.7 Å². The van der Waals surface area contributed by atoms with Crippen LogP contribution in [0.15, 0.2) is 29.2 Å². The molecule has 0 unspecified atom stereocenters. The van der Waals surface area contributed by atoms with Gasteiger partial charge in [0.2, 0.25) is 0 Å². The van der Waals surface area contributed by atoms with E-state index in [0.717, 1.165) is 31.2 Å². The molecule has 0 amide bonds. The quantitative estimate of drug-likeness (QED) is 0.833. The third-order valence-electron chi connectivity index (χ3n) is 3.99. The van der Waals surface area contributed by atoms with E-state index in [4.69, 9.17) is 0 Å². The van der Waals surface area contributed by atoms with Crippen molar-refractivity contribution in [1.82, 2.24) is 19.1 Å². The van der Waals surface area contributed by atoms with Crippen molar-refractivity contribution >= 4 is 5.65 Å². The van der Waals surface area contributed by atoms with Crippen LogP contribution >= 0.6 is 0 Å². The summed E-state index contributed by atoms with van der Waals surface area (Å²) in [5.74, 6) is 0.842. The van der Waals surface area contributed by atoms with Gasteiger partial charge in [0.15, 0.2) is 5.65 Å². The molecule has 0 aliphatic carbocycles. The van der Waals surface area contributed by atoms with Crippen molar-refractivity contribution in [2.24, 2.45) is 5.92 Å². The lowest BCUT2D eigenvalue weighted by atomic mass is 9.99. The number of nitrogens with zero attached hydrogens (tertiary/aromatic N) is 4. The standard InChI is InChI=1S/C14H20N4O/c1-12-5-8-16(9-6-12)10-11-18-14(19)17-7-3-2-4-13(17)15-18/h2-4,7,12H,5-6,8-11H2,1H3. The predicted molar refractivity (Wildman–Crippen MR) is 74.3 cm³/mol. The Labute approximate surface area is 112 Å². The van der Waals surface area contributed by atoms with Gasteiger partial charge in [0.05, 0.1) is 6.54 Å². The average Bonchev–Trinajstić information content (AvgIpc) is 2.76. The van der Waals surface area contributed by atoms with Gasteiger partial charge >= 0.3 is 5.69 Å². The fraction of sp³-hybridized carbons (Fsp3) is 0.571. The number of hydrogen-bond acceptors (Lipinski definition) is 3. The van der Waals surface area contributed by atoms with E-state index in [1.54, 1.807) is 15.3 Å². The smallest absolute Gasteiger partial charge is 0.301 e. The summed E-state index contributed by atoms with van der Waals surface area (Å²) in [6.07, 6.45) is 4.30. The number of pyridine rings is 1. The van der Waals surface area contributed by atoms with E-state index >= 15 is 0 Å². The summed E-state index contributed by atoms with van der Waals surface area (Å²) in [5, 5.41) is 4.35. The van der Waals surface area contributed by atoms with E-state index in [2.05, 4.69) is 16.9 Å². The molecule has 3 heterocycles. The van der Waals surface area contributed by atoms with Crippen LogP contribution in [0.4, 0.5) is 0 Å². The van der Waals surface area contributed by atoms with Gasteiger partial charge in [0.25, 0.3) is 0 Å². The van der Waals surface area contributed by atoms with Crippen LogP contribution in [0.5, 0.6) is 0 Å². The zero-order valence-electron chi connectivity index (χ0n) is 11.3. The number of aromatic nitrogens is 3. The maximum atomic E-state index is 12.1. The SMILES string of the molecule is CC1CCN(CCn2nc3ccccn3c2=O)CC1. The Morgan fingerprint density at radius 2 is 2.05 bits per heavy atom. The summed E-state index contributed by atoms with van der Waals surface area (Å²) >= 11 is 0. The Kier molecular flexibility index (Phi) is 3.38. The molecule has 1 saturated heterocycles.